The van der Waals surface area contributed by atoms with Gasteiger partial charge in [0.05, 0.1) is 28.8 Å². The third-order valence-electron chi connectivity index (χ3n) is 5.20. The number of fused-ring (bicyclic) bond motifs is 1. The average Bonchev–Trinajstić information content (AvgIpc) is 3.10. The summed E-state index contributed by atoms with van der Waals surface area (Å²) >= 11 is 7.27. The highest BCUT2D eigenvalue weighted by Crippen LogP contribution is 2.26. The minimum atomic E-state index is -3.74. The molecular formula is C23H21ClN2O4S2. The third kappa shape index (κ3) is 4.45. The summed E-state index contributed by atoms with van der Waals surface area (Å²) < 4.78 is 34.9. The van der Waals surface area contributed by atoms with Crippen molar-refractivity contribution in [1.82, 2.24) is 8.87 Å². The normalized spacial score (nSPS) is 11.9. The number of halogens is 1. The van der Waals surface area contributed by atoms with Crippen molar-refractivity contribution in [3.05, 3.63) is 92.5 Å². The molecule has 6 nitrogen and oxygen atoms in total. The maximum Gasteiger partial charge on any atom is 0.308 e. The average molecular weight is 489 g/mol. The SMILES string of the molecule is COc1ccc(CN(C)S(=O)(=O)c2ccc3c(c2)sc(=O)n3Cc2ccccc2Cl)cc1. The van der Waals surface area contributed by atoms with E-state index in [0.29, 0.717) is 27.5 Å². The first kappa shape index (κ1) is 22.5. The molecule has 1 heterocycles. The van der Waals surface area contributed by atoms with Gasteiger partial charge in [0.15, 0.2) is 0 Å². The molecule has 32 heavy (non-hydrogen) atoms. The van der Waals surface area contributed by atoms with E-state index in [-0.39, 0.29) is 16.3 Å². The van der Waals surface area contributed by atoms with Crippen LogP contribution in [0.2, 0.25) is 5.02 Å². The molecule has 0 fully saturated rings. The highest BCUT2D eigenvalue weighted by atomic mass is 35.5. The molecule has 4 rings (SSSR count). The molecule has 0 saturated carbocycles. The van der Waals surface area contributed by atoms with Crippen LogP contribution in [-0.2, 0) is 23.1 Å². The van der Waals surface area contributed by atoms with E-state index in [1.807, 2.05) is 30.3 Å². The van der Waals surface area contributed by atoms with Crippen LogP contribution in [0.15, 0.2) is 76.4 Å². The third-order valence-corrected chi connectivity index (χ3v) is 8.31. The number of benzene rings is 3. The molecule has 0 unspecified atom stereocenters. The molecule has 0 aliphatic rings. The number of ether oxygens (including phenoxy) is 1. The number of methoxy groups -OCH3 is 1. The first-order valence-corrected chi connectivity index (χ1v) is 12.4. The zero-order valence-corrected chi connectivity index (χ0v) is 19.9. The van der Waals surface area contributed by atoms with E-state index in [9.17, 15) is 13.2 Å². The van der Waals surface area contributed by atoms with Gasteiger partial charge in [-0.1, -0.05) is 53.3 Å². The molecule has 0 spiro atoms. The van der Waals surface area contributed by atoms with Gasteiger partial charge in [-0.05, 0) is 47.5 Å². The largest absolute Gasteiger partial charge is 0.497 e. The van der Waals surface area contributed by atoms with Crippen molar-refractivity contribution in [2.45, 2.75) is 18.0 Å². The Morgan fingerprint density at radius 3 is 2.47 bits per heavy atom. The number of thiazole rings is 1. The zero-order valence-electron chi connectivity index (χ0n) is 17.5. The number of aromatic nitrogens is 1. The van der Waals surface area contributed by atoms with Crippen LogP contribution in [0.5, 0.6) is 5.75 Å². The number of hydrogen-bond donors (Lipinski definition) is 0. The molecule has 0 aliphatic carbocycles. The number of rotatable bonds is 7. The Hall–Kier alpha value is -2.65. The Labute approximate surface area is 195 Å². The van der Waals surface area contributed by atoms with Crippen molar-refractivity contribution >= 4 is 43.2 Å². The molecule has 0 radical (unpaired) electrons. The minimum Gasteiger partial charge on any atom is -0.497 e. The van der Waals surface area contributed by atoms with Gasteiger partial charge in [0.25, 0.3) is 0 Å². The topological polar surface area (TPSA) is 68.6 Å². The molecule has 4 aromatic rings. The summed E-state index contributed by atoms with van der Waals surface area (Å²) in [5.74, 6) is 0.709. The van der Waals surface area contributed by atoms with Crippen LogP contribution in [0.3, 0.4) is 0 Å². The fourth-order valence-electron chi connectivity index (χ4n) is 3.41. The van der Waals surface area contributed by atoms with E-state index in [2.05, 4.69) is 0 Å². The van der Waals surface area contributed by atoms with Gasteiger partial charge < -0.3 is 4.74 Å². The van der Waals surface area contributed by atoms with E-state index < -0.39 is 10.0 Å². The molecule has 1 aromatic heterocycles. The lowest BCUT2D eigenvalue weighted by Crippen LogP contribution is -2.26. The van der Waals surface area contributed by atoms with Crippen molar-refractivity contribution in [2.24, 2.45) is 0 Å². The van der Waals surface area contributed by atoms with Crippen LogP contribution >= 0.6 is 22.9 Å². The molecule has 0 N–H and O–H groups in total. The second-order valence-corrected chi connectivity index (χ2v) is 10.7. The molecule has 0 bridgehead atoms. The summed E-state index contributed by atoms with van der Waals surface area (Å²) in [7, 11) is -0.620. The highest BCUT2D eigenvalue weighted by Gasteiger charge is 2.22. The Morgan fingerprint density at radius 1 is 1.06 bits per heavy atom. The second kappa shape index (κ2) is 9.07. The highest BCUT2D eigenvalue weighted by molar-refractivity contribution is 7.89. The van der Waals surface area contributed by atoms with E-state index in [0.717, 1.165) is 22.5 Å². The first-order chi connectivity index (χ1) is 15.3. The molecule has 3 aromatic carbocycles. The van der Waals surface area contributed by atoms with Crippen molar-refractivity contribution in [3.8, 4) is 5.75 Å². The molecule has 0 saturated heterocycles. The van der Waals surface area contributed by atoms with Crippen LogP contribution in [0.25, 0.3) is 10.2 Å². The summed E-state index contributed by atoms with van der Waals surface area (Å²) in [6, 6.07) is 19.4. The van der Waals surface area contributed by atoms with Crippen LogP contribution in [0.1, 0.15) is 11.1 Å². The van der Waals surface area contributed by atoms with Gasteiger partial charge in [-0.2, -0.15) is 4.31 Å². The fraction of sp³-hybridized carbons (Fsp3) is 0.174. The number of nitrogens with zero attached hydrogens (tertiary/aromatic N) is 2. The minimum absolute atomic E-state index is 0.146. The predicted molar refractivity (Wildman–Crippen MR) is 128 cm³/mol. The number of hydrogen-bond acceptors (Lipinski definition) is 5. The lowest BCUT2D eigenvalue weighted by atomic mass is 10.2. The summed E-state index contributed by atoms with van der Waals surface area (Å²) in [4.78, 5) is 12.6. The molecule has 0 amide bonds. The van der Waals surface area contributed by atoms with Gasteiger partial charge in [-0.3, -0.25) is 9.36 Å². The van der Waals surface area contributed by atoms with Gasteiger partial charge >= 0.3 is 4.87 Å². The van der Waals surface area contributed by atoms with Gasteiger partial charge in [0.1, 0.15) is 5.75 Å². The maximum absolute atomic E-state index is 13.1. The lowest BCUT2D eigenvalue weighted by Gasteiger charge is -2.17. The Kier molecular flexibility index (Phi) is 6.39. The van der Waals surface area contributed by atoms with Crippen LogP contribution < -0.4 is 9.61 Å². The monoisotopic (exact) mass is 488 g/mol. The van der Waals surface area contributed by atoms with E-state index in [1.165, 1.54) is 17.4 Å². The quantitative estimate of drug-likeness (QED) is 0.381. The standard InChI is InChI=1S/C23H21ClN2O4S2/c1-25(14-16-7-9-18(30-2)10-8-16)32(28,29)19-11-12-21-22(13-19)31-23(27)26(21)15-17-5-3-4-6-20(17)24/h3-13H,14-15H2,1-2H3. The molecular weight excluding hydrogens is 468 g/mol. The maximum atomic E-state index is 13.1. The zero-order chi connectivity index (χ0) is 22.9. The van der Waals surface area contributed by atoms with Gasteiger partial charge in [-0.25, -0.2) is 8.42 Å². The van der Waals surface area contributed by atoms with Crippen LogP contribution in [0, 0.1) is 0 Å². The Balaban J connectivity index is 1.62. The van der Waals surface area contributed by atoms with Crippen molar-refractivity contribution in [1.29, 1.82) is 0 Å². The van der Waals surface area contributed by atoms with E-state index >= 15 is 0 Å². The first-order valence-electron chi connectivity index (χ1n) is 9.75. The molecule has 0 atom stereocenters. The molecule has 0 aliphatic heterocycles. The van der Waals surface area contributed by atoms with Crippen LogP contribution in [-0.4, -0.2) is 31.4 Å². The summed E-state index contributed by atoms with van der Waals surface area (Å²) in [5.41, 5.74) is 2.34. The van der Waals surface area contributed by atoms with E-state index in [1.54, 1.807) is 42.0 Å². The molecule has 166 valence electrons. The predicted octanol–water partition coefficient (Wildman–Crippen LogP) is 4.59. The molecule has 9 heteroatoms. The lowest BCUT2D eigenvalue weighted by molar-refractivity contribution is 0.414. The fourth-order valence-corrected chi connectivity index (χ4v) is 5.79. The van der Waals surface area contributed by atoms with Gasteiger partial charge in [-0.15, -0.1) is 0 Å². The summed E-state index contributed by atoms with van der Waals surface area (Å²) in [6.07, 6.45) is 0. The van der Waals surface area contributed by atoms with E-state index in [4.69, 9.17) is 16.3 Å². The van der Waals surface area contributed by atoms with Crippen molar-refractivity contribution < 1.29 is 13.2 Å². The Morgan fingerprint density at radius 2 is 1.78 bits per heavy atom. The Bertz CT molecular complexity index is 1430. The van der Waals surface area contributed by atoms with Gasteiger partial charge in [0.2, 0.25) is 10.0 Å². The summed E-state index contributed by atoms with van der Waals surface area (Å²) in [5, 5.41) is 0.582. The van der Waals surface area contributed by atoms with Crippen LogP contribution in [0.4, 0.5) is 0 Å². The smallest absolute Gasteiger partial charge is 0.308 e. The van der Waals surface area contributed by atoms with Crippen molar-refractivity contribution in [2.75, 3.05) is 14.2 Å². The van der Waals surface area contributed by atoms with Gasteiger partial charge in [0, 0.05) is 18.6 Å². The van der Waals surface area contributed by atoms with Crippen molar-refractivity contribution in [3.63, 3.8) is 0 Å². The number of sulfonamides is 1. The second-order valence-electron chi connectivity index (χ2n) is 7.28. The summed E-state index contributed by atoms with van der Waals surface area (Å²) in [6.45, 7) is 0.538.